The molecule has 0 unspecified atom stereocenters. The number of carbonyl (C=O) groups is 1. The average molecular weight is 350 g/mol. The van der Waals surface area contributed by atoms with E-state index in [-0.39, 0.29) is 11.6 Å². The molecule has 0 saturated carbocycles. The fourth-order valence-electron chi connectivity index (χ4n) is 4.02. The van der Waals surface area contributed by atoms with Gasteiger partial charge in [0.05, 0.1) is 12.2 Å². The molecular weight excluding hydrogens is 324 g/mol. The van der Waals surface area contributed by atoms with Gasteiger partial charge in [-0.1, -0.05) is 50.2 Å². The Morgan fingerprint density at radius 2 is 1.77 bits per heavy atom. The third-order valence-electron chi connectivity index (χ3n) is 5.70. The number of carbonyl (C=O) groups excluding carboxylic acids is 1. The molecule has 2 aromatic rings. The Bertz CT molecular complexity index is 790. The lowest BCUT2D eigenvalue weighted by atomic mass is 9.84. The van der Waals surface area contributed by atoms with Crippen LogP contribution in [0.3, 0.4) is 0 Å². The second-order valence-corrected chi connectivity index (χ2v) is 7.63. The highest BCUT2D eigenvalue weighted by molar-refractivity contribution is 5.89. The maximum atomic E-state index is 12.6. The topological polar surface area (TPSA) is 41.6 Å². The van der Waals surface area contributed by atoms with Crippen LogP contribution in [0.5, 0.6) is 0 Å². The van der Waals surface area contributed by atoms with E-state index in [0.717, 1.165) is 18.5 Å². The summed E-state index contributed by atoms with van der Waals surface area (Å²) in [6.45, 7) is 6.44. The van der Waals surface area contributed by atoms with Crippen molar-refractivity contribution >= 4 is 11.7 Å². The van der Waals surface area contributed by atoms with Crippen molar-refractivity contribution in [1.82, 2.24) is 4.90 Å². The number of nitrogens with zero attached hydrogens (tertiary/aromatic N) is 1. The number of hydrogen-bond acceptors (Lipinski definition) is 2. The maximum Gasteiger partial charge on any atom is 0.321 e. The van der Waals surface area contributed by atoms with Crippen molar-refractivity contribution in [3.63, 3.8) is 0 Å². The smallest absolute Gasteiger partial charge is 0.321 e. The van der Waals surface area contributed by atoms with Crippen LogP contribution in [-0.2, 0) is 16.9 Å². The van der Waals surface area contributed by atoms with Gasteiger partial charge in [-0.05, 0) is 47.6 Å². The molecule has 4 nitrogen and oxygen atoms in total. The van der Waals surface area contributed by atoms with Crippen molar-refractivity contribution in [2.75, 3.05) is 18.4 Å². The minimum absolute atomic E-state index is 0.0246. The van der Waals surface area contributed by atoms with E-state index < -0.39 is 0 Å². The molecule has 2 heterocycles. The van der Waals surface area contributed by atoms with E-state index in [4.69, 9.17) is 4.74 Å². The van der Waals surface area contributed by atoms with Crippen molar-refractivity contribution < 1.29 is 9.53 Å². The maximum absolute atomic E-state index is 12.6. The van der Waals surface area contributed by atoms with Crippen LogP contribution in [0.2, 0.25) is 0 Å². The summed E-state index contributed by atoms with van der Waals surface area (Å²) >= 11 is 0. The Labute approximate surface area is 155 Å². The molecule has 4 rings (SSSR count). The van der Waals surface area contributed by atoms with E-state index in [1.807, 2.05) is 17.0 Å². The summed E-state index contributed by atoms with van der Waals surface area (Å²) in [7, 11) is 0. The number of ether oxygens (including phenoxy) is 1. The molecule has 26 heavy (non-hydrogen) atoms. The van der Waals surface area contributed by atoms with Gasteiger partial charge in [-0.25, -0.2) is 4.79 Å². The van der Waals surface area contributed by atoms with E-state index >= 15 is 0 Å². The predicted molar refractivity (Wildman–Crippen MR) is 103 cm³/mol. The normalized spacial score (nSPS) is 18.2. The average Bonchev–Trinajstić information content (AvgIpc) is 3.01. The van der Waals surface area contributed by atoms with E-state index in [2.05, 4.69) is 55.6 Å². The molecule has 0 atom stereocenters. The van der Waals surface area contributed by atoms with Gasteiger partial charge in [-0.15, -0.1) is 0 Å². The molecule has 0 bridgehead atoms. The van der Waals surface area contributed by atoms with Gasteiger partial charge < -0.3 is 15.0 Å². The highest BCUT2D eigenvalue weighted by Crippen LogP contribution is 2.44. The SMILES string of the molecule is CC(C)c1ccc(NC(=O)N2CCC3(CC2)OCc2ccccc23)cc1. The summed E-state index contributed by atoms with van der Waals surface area (Å²) in [6.07, 6.45) is 1.70. The molecule has 0 radical (unpaired) electrons. The van der Waals surface area contributed by atoms with Crippen LogP contribution in [-0.4, -0.2) is 24.0 Å². The van der Waals surface area contributed by atoms with Gasteiger partial charge in [0.25, 0.3) is 0 Å². The van der Waals surface area contributed by atoms with Crippen molar-refractivity contribution in [3.8, 4) is 0 Å². The number of amides is 2. The zero-order valence-electron chi connectivity index (χ0n) is 15.5. The standard InChI is InChI=1S/C22H26N2O2/c1-16(2)17-7-9-19(10-8-17)23-21(25)24-13-11-22(12-14-24)20-6-4-3-5-18(20)15-26-22/h3-10,16H,11-15H2,1-2H3,(H,23,25). The summed E-state index contributed by atoms with van der Waals surface area (Å²) < 4.78 is 6.18. The summed E-state index contributed by atoms with van der Waals surface area (Å²) in [5.41, 5.74) is 4.52. The molecule has 2 aromatic carbocycles. The number of rotatable bonds is 2. The highest BCUT2D eigenvalue weighted by Gasteiger charge is 2.43. The largest absolute Gasteiger partial charge is 0.365 e. The third kappa shape index (κ3) is 3.10. The van der Waals surface area contributed by atoms with Crippen molar-refractivity contribution in [2.45, 2.75) is 44.8 Å². The Hall–Kier alpha value is -2.33. The Morgan fingerprint density at radius 1 is 1.08 bits per heavy atom. The number of nitrogens with one attached hydrogen (secondary N) is 1. The lowest BCUT2D eigenvalue weighted by molar-refractivity contribution is -0.0722. The molecule has 2 amide bonds. The van der Waals surface area contributed by atoms with Crippen molar-refractivity contribution in [2.24, 2.45) is 0 Å². The lowest BCUT2D eigenvalue weighted by Crippen LogP contribution is -2.46. The number of piperidine rings is 1. The molecule has 0 aliphatic carbocycles. The predicted octanol–water partition coefficient (Wildman–Crippen LogP) is 4.86. The van der Waals surface area contributed by atoms with Crippen LogP contribution in [0, 0.1) is 0 Å². The van der Waals surface area contributed by atoms with Gasteiger partial charge in [0.2, 0.25) is 0 Å². The third-order valence-corrected chi connectivity index (χ3v) is 5.70. The van der Waals surface area contributed by atoms with Crippen LogP contribution < -0.4 is 5.32 Å². The number of anilines is 1. The number of benzene rings is 2. The minimum Gasteiger partial charge on any atom is -0.365 e. The highest BCUT2D eigenvalue weighted by atomic mass is 16.5. The Morgan fingerprint density at radius 3 is 2.46 bits per heavy atom. The second kappa shape index (κ2) is 6.76. The van der Waals surface area contributed by atoms with E-state index in [0.29, 0.717) is 25.6 Å². The molecule has 2 aliphatic rings. The number of fused-ring (bicyclic) bond motifs is 2. The van der Waals surface area contributed by atoms with Crippen LogP contribution >= 0.6 is 0 Å². The zero-order valence-corrected chi connectivity index (χ0v) is 15.5. The first kappa shape index (κ1) is 17.1. The first-order valence-electron chi connectivity index (χ1n) is 9.46. The second-order valence-electron chi connectivity index (χ2n) is 7.63. The van der Waals surface area contributed by atoms with Crippen molar-refractivity contribution in [3.05, 3.63) is 65.2 Å². The summed E-state index contributed by atoms with van der Waals surface area (Å²) in [5, 5.41) is 3.02. The van der Waals surface area contributed by atoms with Crippen LogP contribution in [0.4, 0.5) is 10.5 Å². The molecule has 1 fully saturated rings. The molecule has 136 valence electrons. The first-order valence-corrected chi connectivity index (χ1v) is 9.46. The molecule has 1 N–H and O–H groups in total. The van der Waals surface area contributed by atoms with Gasteiger partial charge in [0.15, 0.2) is 0 Å². The Balaban J connectivity index is 1.38. The quantitative estimate of drug-likeness (QED) is 0.840. The molecular formula is C22H26N2O2. The molecule has 0 aromatic heterocycles. The molecule has 1 saturated heterocycles. The fraction of sp³-hybridized carbons (Fsp3) is 0.409. The number of hydrogen-bond donors (Lipinski definition) is 1. The molecule has 1 spiro atoms. The monoisotopic (exact) mass is 350 g/mol. The van der Waals surface area contributed by atoms with Crippen LogP contribution in [0.1, 0.15) is 49.3 Å². The lowest BCUT2D eigenvalue weighted by Gasteiger charge is -2.39. The van der Waals surface area contributed by atoms with Gasteiger partial charge in [0, 0.05) is 18.8 Å². The zero-order chi connectivity index (χ0) is 18.1. The molecule has 4 heteroatoms. The number of likely N-dealkylation sites (tertiary alicyclic amines) is 1. The summed E-state index contributed by atoms with van der Waals surface area (Å²) in [6, 6.07) is 16.6. The summed E-state index contributed by atoms with van der Waals surface area (Å²) in [4.78, 5) is 14.5. The van der Waals surface area contributed by atoms with Crippen LogP contribution in [0.25, 0.3) is 0 Å². The van der Waals surface area contributed by atoms with Gasteiger partial charge in [-0.3, -0.25) is 0 Å². The molecule has 2 aliphatic heterocycles. The summed E-state index contributed by atoms with van der Waals surface area (Å²) in [5.74, 6) is 0.493. The van der Waals surface area contributed by atoms with Crippen LogP contribution in [0.15, 0.2) is 48.5 Å². The van der Waals surface area contributed by atoms with Gasteiger partial charge in [0.1, 0.15) is 0 Å². The number of urea groups is 1. The minimum atomic E-state index is -0.202. The Kier molecular flexibility index (Phi) is 4.45. The van der Waals surface area contributed by atoms with Gasteiger partial charge in [-0.2, -0.15) is 0 Å². The first-order chi connectivity index (χ1) is 12.6. The van der Waals surface area contributed by atoms with E-state index in [9.17, 15) is 4.79 Å². The van der Waals surface area contributed by atoms with Crippen molar-refractivity contribution in [1.29, 1.82) is 0 Å². The van der Waals surface area contributed by atoms with E-state index in [1.54, 1.807) is 0 Å². The van der Waals surface area contributed by atoms with E-state index in [1.165, 1.54) is 16.7 Å². The van der Waals surface area contributed by atoms with Gasteiger partial charge >= 0.3 is 6.03 Å². The fourth-order valence-corrected chi connectivity index (χ4v) is 4.02.